The Labute approximate surface area is 111 Å². The molecule has 1 heterocycles. The number of epoxide rings is 1. The second kappa shape index (κ2) is 5.51. The molecule has 4 heteroatoms. The molecule has 2 nitrogen and oxygen atoms in total. The lowest BCUT2D eigenvalue weighted by molar-refractivity contribution is 0.0400. The summed E-state index contributed by atoms with van der Waals surface area (Å²) in [7, 11) is 2.15. The normalized spacial score (nSPS) is 20.8. The van der Waals surface area contributed by atoms with Gasteiger partial charge in [0.15, 0.2) is 0 Å². The maximum Gasteiger partial charge on any atom is 0.139 e. The third-order valence-electron chi connectivity index (χ3n) is 2.84. The number of ether oxygens (including phenoxy) is 2. The van der Waals surface area contributed by atoms with E-state index >= 15 is 0 Å². The summed E-state index contributed by atoms with van der Waals surface area (Å²) < 4.78 is 12.3. The summed E-state index contributed by atoms with van der Waals surface area (Å²) in [6, 6.07) is 6.52. The van der Waals surface area contributed by atoms with E-state index in [-0.39, 0.29) is 6.10 Å². The molecule has 0 N–H and O–H groups in total. The van der Waals surface area contributed by atoms with Crippen LogP contribution < -0.4 is 5.46 Å². The lowest BCUT2D eigenvalue weighted by atomic mass is 9.87. The van der Waals surface area contributed by atoms with Crippen molar-refractivity contribution in [3.8, 4) is 0 Å². The average Bonchev–Trinajstić information content (AvgIpc) is 3.05. The van der Waals surface area contributed by atoms with Crippen LogP contribution in [-0.4, -0.2) is 27.2 Å². The third-order valence-corrected chi connectivity index (χ3v) is 3.51. The second-order valence-corrected chi connectivity index (χ2v) is 5.43. The third kappa shape index (κ3) is 3.21. The van der Waals surface area contributed by atoms with Crippen LogP contribution in [0.5, 0.6) is 0 Å². The first-order valence-corrected chi connectivity index (χ1v) is 6.78. The van der Waals surface area contributed by atoms with Crippen LogP contribution in [0, 0.1) is 3.57 Å². The highest BCUT2D eigenvalue weighted by molar-refractivity contribution is 14.1. The van der Waals surface area contributed by atoms with Crippen molar-refractivity contribution in [1.29, 1.82) is 0 Å². The van der Waals surface area contributed by atoms with E-state index in [0.717, 1.165) is 19.6 Å². The predicted octanol–water partition coefficient (Wildman–Crippen LogP) is 1.42. The largest absolute Gasteiger partial charge is 0.371 e. The Bertz CT molecular complexity index is 366. The Morgan fingerprint density at radius 1 is 1.62 bits per heavy atom. The Morgan fingerprint density at radius 2 is 2.38 bits per heavy atom. The molecule has 0 saturated carbocycles. The molecule has 1 saturated heterocycles. The van der Waals surface area contributed by atoms with Gasteiger partial charge in [-0.25, -0.2) is 0 Å². The Morgan fingerprint density at radius 3 is 2.94 bits per heavy atom. The Kier molecular flexibility index (Phi) is 4.27. The Hall–Kier alpha value is -0.0651. The minimum absolute atomic E-state index is 0.209. The van der Waals surface area contributed by atoms with Crippen LogP contribution in [0.4, 0.5) is 0 Å². The molecule has 0 aliphatic carbocycles. The van der Waals surface area contributed by atoms with E-state index in [4.69, 9.17) is 9.47 Å². The maximum absolute atomic E-state index is 5.89. The molecule has 0 radical (unpaired) electrons. The fraction of sp³-hybridized carbons (Fsp3) is 0.500. The molecule has 1 aliphatic rings. The molecule has 0 bridgehead atoms. The quantitative estimate of drug-likeness (QED) is 0.463. The van der Waals surface area contributed by atoms with Gasteiger partial charge in [0.1, 0.15) is 14.0 Å². The van der Waals surface area contributed by atoms with Gasteiger partial charge in [-0.2, -0.15) is 0 Å². The molecule has 2 rings (SSSR count). The van der Waals surface area contributed by atoms with Crippen LogP contribution in [-0.2, 0) is 9.47 Å². The van der Waals surface area contributed by atoms with Crippen molar-refractivity contribution < 1.29 is 9.47 Å². The van der Waals surface area contributed by atoms with E-state index in [0.29, 0.717) is 6.10 Å². The number of halogens is 1. The van der Waals surface area contributed by atoms with Gasteiger partial charge in [0.2, 0.25) is 0 Å². The Balaban J connectivity index is 2.05. The minimum Gasteiger partial charge on any atom is -0.371 e. The molecule has 86 valence electrons. The average molecular weight is 330 g/mol. The van der Waals surface area contributed by atoms with Crippen molar-refractivity contribution in [3.63, 3.8) is 0 Å². The van der Waals surface area contributed by atoms with E-state index < -0.39 is 0 Å². The van der Waals surface area contributed by atoms with Crippen LogP contribution in [0.25, 0.3) is 0 Å². The second-order valence-electron chi connectivity index (χ2n) is 4.19. The highest BCUT2D eigenvalue weighted by atomic mass is 127. The zero-order chi connectivity index (χ0) is 11.5. The van der Waals surface area contributed by atoms with Crippen LogP contribution in [0.15, 0.2) is 18.2 Å². The molecule has 1 fully saturated rings. The van der Waals surface area contributed by atoms with Gasteiger partial charge in [-0.05, 0) is 40.6 Å². The van der Waals surface area contributed by atoms with E-state index in [2.05, 4.69) is 55.6 Å². The molecule has 0 spiro atoms. The van der Waals surface area contributed by atoms with Gasteiger partial charge < -0.3 is 9.47 Å². The summed E-state index contributed by atoms with van der Waals surface area (Å²) in [5.41, 5.74) is 2.62. The molecule has 1 aromatic rings. The molecule has 1 aromatic carbocycles. The zero-order valence-electron chi connectivity index (χ0n) is 9.70. The molecule has 0 unspecified atom stereocenters. The monoisotopic (exact) mass is 330 g/mol. The molecular formula is C12H16BIO2. The SMILES string of the molecule is Bc1cc(I)ccc1[C@@H](CC)OC[C@H]1CO1. The van der Waals surface area contributed by atoms with Gasteiger partial charge >= 0.3 is 0 Å². The van der Waals surface area contributed by atoms with Crippen molar-refractivity contribution in [2.24, 2.45) is 0 Å². The van der Waals surface area contributed by atoms with Gasteiger partial charge in [-0.1, -0.05) is 24.5 Å². The lowest BCUT2D eigenvalue weighted by Crippen LogP contribution is -2.18. The van der Waals surface area contributed by atoms with E-state index in [9.17, 15) is 0 Å². The topological polar surface area (TPSA) is 21.8 Å². The number of rotatable bonds is 5. The molecular weight excluding hydrogens is 314 g/mol. The van der Waals surface area contributed by atoms with Crippen molar-refractivity contribution >= 4 is 35.9 Å². The van der Waals surface area contributed by atoms with Gasteiger partial charge in [0.25, 0.3) is 0 Å². The van der Waals surface area contributed by atoms with Crippen molar-refractivity contribution in [1.82, 2.24) is 0 Å². The van der Waals surface area contributed by atoms with E-state index in [1.165, 1.54) is 14.6 Å². The first-order valence-electron chi connectivity index (χ1n) is 5.70. The predicted molar refractivity (Wildman–Crippen MR) is 76.1 cm³/mol. The highest BCUT2D eigenvalue weighted by Gasteiger charge is 2.24. The fourth-order valence-corrected chi connectivity index (χ4v) is 2.46. The fourth-order valence-electron chi connectivity index (χ4n) is 1.82. The van der Waals surface area contributed by atoms with Gasteiger partial charge in [0.05, 0.1) is 19.3 Å². The van der Waals surface area contributed by atoms with Gasteiger partial charge in [0, 0.05) is 3.57 Å². The van der Waals surface area contributed by atoms with E-state index in [1.54, 1.807) is 0 Å². The summed E-state index contributed by atoms with van der Waals surface area (Å²) in [5.74, 6) is 0. The maximum atomic E-state index is 5.89. The first-order chi connectivity index (χ1) is 7.70. The molecule has 2 atom stereocenters. The smallest absolute Gasteiger partial charge is 0.139 e. The van der Waals surface area contributed by atoms with Gasteiger partial charge in [-0.15, -0.1) is 0 Å². The number of hydrogen-bond donors (Lipinski definition) is 0. The summed E-state index contributed by atoms with van der Waals surface area (Å²) in [4.78, 5) is 0. The van der Waals surface area contributed by atoms with Crippen LogP contribution >= 0.6 is 22.6 Å². The van der Waals surface area contributed by atoms with Crippen molar-refractivity contribution in [2.45, 2.75) is 25.6 Å². The standard InChI is InChI=1S/C12H16BIO2/c1-2-12(16-7-9-6-15-9)10-4-3-8(14)5-11(10)13/h3-5,9,12H,2,6-7,13H2,1H3/t9-,12-/m1/s1. The molecule has 0 aromatic heterocycles. The minimum atomic E-state index is 0.209. The summed E-state index contributed by atoms with van der Waals surface area (Å²) in [5, 5.41) is 0. The number of hydrogen-bond acceptors (Lipinski definition) is 2. The van der Waals surface area contributed by atoms with Crippen LogP contribution in [0.3, 0.4) is 0 Å². The lowest BCUT2D eigenvalue weighted by Gasteiger charge is -2.18. The van der Waals surface area contributed by atoms with Crippen molar-refractivity contribution in [2.75, 3.05) is 13.2 Å². The van der Waals surface area contributed by atoms with E-state index in [1.807, 2.05) is 0 Å². The van der Waals surface area contributed by atoms with Crippen LogP contribution in [0.2, 0.25) is 0 Å². The summed E-state index contributed by atoms with van der Waals surface area (Å²) in [6.45, 7) is 3.75. The number of benzene rings is 1. The molecule has 1 aliphatic heterocycles. The van der Waals surface area contributed by atoms with Crippen LogP contribution in [0.1, 0.15) is 25.0 Å². The first kappa shape index (κ1) is 12.4. The van der Waals surface area contributed by atoms with Gasteiger partial charge in [-0.3, -0.25) is 0 Å². The molecule has 16 heavy (non-hydrogen) atoms. The summed E-state index contributed by atoms with van der Waals surface area (Å²) in [6.07, 6.45) is 1.56. The van der Waals surface area contributed by atoms with Crippen molar-refractivity contribution in [3.05, 3.63) is 27.3 Å². The summed E-state index contributed by atoms with van der Waals surface area (Å²) >= 11 is 2.34. The zero-order valence-corrected chi connectivity index (χ0v) is 11.9. The molecule has 0 amide bonds. The highest BCUT2D eigenvalue weighted by Crippen LogP contribution is 2.22.